The SMILES string of the molecule is COc1cc2c(cc1OC)C(=O)C(CC1CCN(CCCN)CC1)C2. The van der Waals surface area contributed by atoms with E-state index in [4.69, 9.17) is 15.2 Å². The summed E-state index contributed by atoms with van der Waals surface area (Å²) in [6.45, 7) is 4.15. The Hall–Kier alpha value is -1.59. The van der Waals surface area contributed by atoms with Crippen molar-refractivity contribution in [3.8, 4) is 11.5 Å². The number of methoxy groups -OCH3 is 2. The second kappa shape index (κ2) is 8.19. The first-order chi connectivity index (χ1) is 12.2. The number of ether oxygens (including phenoxy) is 2. The third kappa shape index (κ3) is 3.98. The first kappa shape index (κ1) is 18.2. The van der Waals surface area contributed by atoms with E-state index in [1.807, 2.05) is 12.1 Å². The number of piperidine rings is 1. The highest BCUT2D eigenvalue weighted by molar-refractivity contribution is 6.02. The summed E-state index contributed by atoms with van der Waals surface area (Å²) in [4.78, 5) is 15.3. The Balaban J connectivity index is 1.59. The number of nitrogens with two attached hydrogens (primary N) is 1. The maximum atomic E-state index is 12.8. The zero-order valence-electron chi connectivity index (χ0n) is 15.4. The fraction of sp³-hybridized carbons (Fsp3) is 0.650. The van der Waals surface area contributed by atoms with Crippen molar-refractivity contribution in [1.29, 1.82) is 0 Å². The molecule has 1 heterocycles. The summed E-state index contributed by atoms with van der Waals surface area (Å²) in [5.74, 6) is 2.40. The summed E-state index contributed by atoms with van der Waals surface area (Å²) in [6, 6.07) is 3.83. The molecule has 5 nitrogen and oxygen atoms in total. The average Bonchev–Trinajstić information content (AvgIpc) is 2.94. The van der Waals surface area contributed by atoms with Crippen LogP contribution in [0.25, 0.3) is 0 Å². The van der Waals surface area contributed by atoms with Crippen LogP contribution in [0.15, 0.2) is 12.1 Å². The molecule has 3 rings (SSSR count). The van der Waals surface area contributed by atoms with Gasteiger partial charge in [-0.25, -0.2) is 0 Å². The number of hydrogen-bond donors (Lipinski definition) is 1. The lowest BCUT2D eigenvalue weighted by Gasteiger charge is -2.32. The van der Waals surface area contributed by atoms with Gasteiger partial charge in [-0.1, -0.05) is 0 Å². The number of fused-ring (bicyclic) bond motifs is 1. The van der Waals surface area contributed by atoms with Crippen LogP contribution in [0, 0.1) is 11.8 Å². The van der Waals surface area contributed by atoms with Gasteiger partial charge in [0, 0.05) is 11.5 Å². The molecule has 1 atom stereocenters. The fourth-order valence-electron chi connectivity index (χ4n) is 4.25. The number of ketones is 1. The van der Waals surface area contributed by atoms with Crippen LogP contribution in [0.1, 0.15) is 41.6 Å². The van der Waals surface area contributed by atoms with Crippen molar-refractivity contribution < 1.29 is 14.3 Å². The molecule has 0 saturated carbocycles. The summed E-state index contributed by atoms with van der Waals surface area (Å²) < 4.78 is 10.7. The second-order valence-corrected chi connectivity index (χ2v) is 7.29. The standard InChI is InChI=1S/C20H30N2O3/c1-24-18-12-15-11-16(20(23)17(15)13-19(18)25-2)10-14-4-8-22(9-5-14)7-3-6-21/h12-14,16H,3-11,21H2,1-2H3. The van der Waals surface area contributed by atoms with E-state index in [2.05, 4.69) is 4.90 Å². The van der Waals surface area contributed by atoms with Gasteiger partial charge in [-0.05, 0) is 81.9 Å². The van der Waals surface area contributed by atoms with Crippen LogP contribution in [0.4, 0.5) is 0 Å². The predicted octanol–water partition coefficient (Wildman–Crippen LogP) is 2.51. The summed E-state index contributed by atoms with van der Waals surface area (Å²) in [7, 11) is 3.25. The first-order valence-corrected chi connectivity index (χ1v) is 9.37. The van der Waals surface area contributed by atoms with Gasteiger partial charge in [0.2, 0.25) is 0 Å². The Morgan fingerprint density at radius 2 is 1.84 bits per heavy atom. The molecule has 2 aliphatic rings. The van der Waals surface area contributed by atoms with E-state index in [1.165, 1.54) is 12.8 Å². The Morgan fingerprint density at radius 3 is 2.48 bits per heavy atom. The van der Waals surface area contributed by atoms with Crippen molar-refractivity contribution in [2.75, 3.05) is 40.4 Å². The van der Waals surface area contributed by atoms with Gasteiger partial charge in [-0.2, -0.15) is 0 Å². The molecule has 25 heavy (non-hydrogen) atoms. The van der Waals surface area contributed by atoms with Gasteiger partial charge in [-0.15, -0.1) is 0 Å². The molecule has 1 fully saturated rings. The third-order valence-corrected chi connectivity index (χ3v) is 5.72. The normalized spacial score (nSPS) is 21.4. The molecule has 0 amide bonds. The molecular formula is C20H30N2O3. The van der Waals surface area contributed by atoms with Crippen LogP contribution < -0.4 is 15.2 Å². The van der Waals surface area contributed by atoms with Crippen LogP contribution in [-0.2, 0) is 6.42 Å². The van der Waals surface area contributed by atoms with E-state index in [0.29, 0.717) is 17.4 Å². The maximum absolute atomic E-state index is 12.8. The molecule has 1 aromatic rings. The number of Topliss-reactive ketones (excluding diaryl/α,β-unsaturated/α-hetero) is 1. The van der Waals surface area contributed by atoms with E-state index in [-0.39, 0.29) is 11.7 Å². The highest BCUT2D eigenvalue weighted by Gasteiger charge is 2.34. The molecule has 2 N–H and O–H groups in total. The minimum atomic E-state index is 0.118. The quantitative estimate of drug-likeness (QED) is 0.822. The lowest BCUT2D eigenvalue weighted by Crippen LogP contribution is -2.36. The topological polar surface area (TPSA) is 64.8 Å². The lowest BCUT2D eigenvalue weighted by atomic mass is 9.85. The van der Waals surface area contributed by atoms with Crippen molar-refractivity contribution in [1.82, 2.24) is 4.90 Å². The van der Waals surface area contributed by atoms with Gasteiger partial charge in [0.15, 0.2) is 17.3 Å². The highest BCUT2D eigenvalue weighted by atomic mass is 16.5. The molecule has 0 bridgehead atoms. The summed E-state index contributed by atoms with van der Waals surface area (Å²) in [5.41, 5.74) is 7.53. The van der Waals surface area contributed by atoms with Crippen molar-refractivity contribution in [2.24, 2.45) is 17.6 Å². The van der Waals surface area contributed by atoms with E-state index in [0.717, 1.165) is 56.6 Å². The van der Waals surface area contributed by atoms with Crippen LogP contribution in [0.5, 0.6) is 11.5 Å². The molecule has 1 aromatic carbocycles. The Morgan fingerprint density at radius 1 is 1.16 bits per heavy atom. The smallest absolute Gasteiger partial charge is 0.166 e. The number of carbonyl (C=O) groups is 1. The second-order valence-electron chi connectivity index (χ2n) is 7.29. The van der Waals surface area contributed by atoms with Gasteiger partial charge >= 0.3 is 0 Å². The Bertz CT molecular complexity index is 609. The molecule has 1 aliphatic heterocycles. The lowest BCUT2D eigenvalue weighted by molar-refractivity contribution is 0.0897. The van der Waals surface area contributed by atoms with Crippen molar-refractivity contribution in [3.05, 3.63) is 23.3 Å². The summed E-state index contributed by atoms with van der Waals surface area (Å²) >= 11 is 0. The molecule has 1 saturated heterocycles. The van der Waals surface area contributed by atoms with Crippen LogP contribution >= 0.6 is 0 Å². The summed E-state index contributed by atoms with van der Waals surface area (Å²) in [6.07, 6.45) is 5.30. The molecule has 0 aromatic heterocycles. The average molecular weight is 346 g/mol. The number of rotatable bonds is 7. The van der Waals surface area contributed by atoms with E-state index < -0.39 is 0 Å². The van der Waals surface area contributed by atoms with Crippen molar-refractivity contribution >= 4 is 5.78 Å². The number of benzene rings is 1. The number of hydrogen-bond acceptors (Lipinski definition) is 5. The van der Waals surface area contributed by atoms with Crippen LogP contribution in [-0.4, -0.2) is 51.1 Å². The van der Waals surface area contributed by atoms with Crippen LogP contribution in [0.3, 0.4) is 0 Å². The molecule has 0 spiro atoms. The molecule has 0 radical (unpaired) electrons. The number of carbonyl (C=O) groups excluding carboxylic acids is 1. The monoisotopic (exact) mass is 346 g/mol. The van der Waals surface area contributed by atoms with E-state index in [9.17, 15) is 4.79 Å². The Labute approximate surface area is 150 Å². The maximum Gasteiger partial charge on any atom is 0.166 e. The third-order valence-electron chi connectivity index (χ3n) is 5.72. The largest absolute Gasteiger partial charge is 0.493 e. The van der Waals surface area contributed by atoms with Gasteiger partial charge < -0.3 is 20.1 Å². The van der Waals surface area contributed by atoms with Gasteiger partial charge in [0.1, 0.15) is 0 Å². The number of nitrogens with zero attached hydrogens (tertiary/aromatic N) is 1. The first-order valence-electron chi connectivity index (χ1n) is 9.37. The van der Waals surface area contributed by atoms with Crippen LogP contribution in [0.2, 0.25) is 0 Å². The highest BCUT2D eigenvalue weighted by Crippen LogP contribution is 2.39. The summed E-state index contributed by atoms with van der Waals surface area (Å²) in [5, 5.41) is 0. The zero-order valence-corrected chi connectivity index (χ0v) is 15.4. The fourth-order valence-corrected chi connectivity index (χ4v) is 4.25. The van der Waals surface area contributed by atoms with Gasteiger partial charge in [0.05, 0.1) is 14.2 Å². The minimum Gasteiger partial charge on any atom is -0.493 e. The van der Waals surface area contributed by atoms with Crippen molar-refractivity contribution in [3.63, 3.8) is 0 Å². The molecule has 1 unspecified atom stereocenters. The molecule has 5 heteroatoms. The molecule has 1 aliphatic carbocycles. The van der Waals surface area contributed by atoms with E-state index >= 15 is 0 Å². The Kier molecular flexibility index (Phi) is 5.97. The molecular weight excluding hydrogens is 316 g/mol. The zero-order chi connectivity index (χ0) is 17.8. The predicted molar refractivity (Wildman–Crippen MR) is 98.5 cm³/mol. The molecule has 138 valence electrons. The minimum absolute atomic E-state index is 0.118. The number of likely N-dealkylation sites (tertiary alicyclic amines) is 1. The van der Waals surface area contributed by atoms with Gasteiger partial charge in [-0.3, -0.25) is 4.79 Å². The van der Waals surface area contributed by atoms with Crippen molar-refractivity contribution in [2.45, 2.75) is 32.1 Å². The van der Waals surface area contributed by atoms with E-state index in [1.54, 1.807) is 14.2 Å². The van der Waals surface area contributed by atoms with Gasteiger partial charge in [0.25, 0.3) is 0 Å².